The van der Waals surface area contributed by atoms with Crippen LogP contribution in [0.4, 0.5) is 0 Å². The first kappa shape index (κ1) is 14.4. The van der Waals surface area contributed by atoms with Crippen LogP contribution < -0.4 is 4.74 Å². The predicted octanol–water partition coefficient (Wildman–Crippen LogP) is 0.455. The second-order valence-corrected chi connectivity index (χ2v) is 5.21. The Morgan fingerprint density at radius 1 is 1.33 bits per heavy atom. The molecule has 0 amide bonds. The van der Waals surface area contributed by atoms with Crippen molar-refractivity contribution < 1.29 is 22.7 Å². The molecule has 1 rings (SSSR count). The molecule has 0 fully saturated rings. The molecule has 100 valence electrons. The monoisotopic (exact) mass is 274 g/mol. The maximum absolute atomic E-state index is 11.6. The van der Waals surface area contributed by atoms with Crippen molar-refractivity contribution in [2.45, 2.75) is 19.0 Å². The van der Waals surface area contributed by atoms with Gasteiger partial charge < -0.3 is 9.47 Å². The van der Waals surface area contributed by atoms with Crippen molar-refractivity contribution in [2.75, 3.05) is 19.5 Å². The summed E-state index contributed by atoms with van der Waals surface area (Å²) in [7, 11) is -3.55. The summed E-state index contributed by atoms with van der Waals surface area (Å²) >= 11 is 0. The summed E-state index contributed by atoms with van der Waals surface area (Å²) in [5.41, 5.74) is 0.00565. The molecule has 0 aliphatic rings. The van der Waals surface area contributed by atoms with E-state index >= 15 is 0 Å². The minimum atomic E-state index is -3.55. The van der Waals surface area contributed by atoms with Crippen molar-refractivity contribution in [2.24, 2.45) is 0 Å². The van der Waals surface area contributed by atoms with Gasteiger partial charge in [0.2, 0.25) is 20.9 Å². The highest BCUT2D eigenvalue weighted by molar-refractivity contribution is 7.90. The van der Waals surface area contributed by atoms with E-state index in [1.54, 1.807) is 13.8 Å². The molecule has 0 radical (unpaired) electrons. The van der Waals surface area contributed by atoms with Gasteiger partial charge in [0.15, 0.2) is 0 Å². The van der Waals surface area contributed by atoms with Crippen molar-refractivity contribution in [3.8, 4) is 5.88 Å². The van der Waals surface area contributed by atoms with E-state index in [2.05, 4.69) is 9.97 Å². The highest BCUT2D eigenvalue weighted by atomic mass is 32.2. The molecule has 0 aliphatic heterocycles. The Kier molecular flexibility index (Phi) is 4.60. The van der Waals surface area contributed by atoms with Crippen molar-refractivity contribution in [3.05, 3.63) is 11.8 Å². The largest absolute Gasteiger partial charge is 0.477 e. The van der Waals surface area contributed by atoms with Crippen molar-refractivity contribution in [1.29, 1.82) is 0 Å². The molecule has 0 N–H and O–H groups in total. The maximum Gasteiger partial charge on any atom is 0.345 e. The highest BCUT2D eigenvalue weighted by Crippen LogP contribution is 2.17. The molecule has 1 heterocycles. The number of esters is 1. The number of nitrogens with zero attached hydrogens (tertiary/aromatic N) is 2. The first-order valence-electron chi connectivity index (χ1n) is 5.27. The fourth-order valence-electron chi connectivity index (χ4n) is 1.13. The van der Waals surface area contributed by atoms with Crippen molar-refractivity contribution >= 4 is 15.8 Å². The Balaban J connectivity index is 3.24. The fraction of sp³-hybridized carbons (Fsp3) is 0.500. The fourth-order valence-corrected chi connectivity index (χ4v) is 1.62. The minimum absolute atomic E-state index is 0.00565. The molecule has 0 bridgehead atoms. The first-order chi connectivity index (χ1) is 8.40. The van der Waals surface area contributed by atoms with Gasteiger partial charge in [-0.05, 0) is 13.8 Å². The topological polar surface area (TPSA) is 95.5 Å². The summed E-state index contributed by atoms with van der Waals surface area (Å²) in [5, 5.41) is -0.390. The molecule has 1 aromatic heterocycles. The molecule has 0 saturated heterocycles. The Hall–Kier alpha value is -1.70. The van der Waals surface area contributed by atoms with Crippen LogP contribution in [0, 0.1) is 0 Å². The molecule has 0 aromatic carbocycles. The van der Waals surface area contributed by atoms with Gasteiger partial charge in [0.05, 0.1) is 19.4 Å². The van der Waals surface area contributed by atoms with E-state index in [4.69, 9.17) is 9.47 Å². The Morgan fingerprint density at radius 2 is 2.00 bits per heavy atom. The minimum Gasteiger partial charge on any atom is -0.477 e. The van der Waals surface area contributed by atoms with Gasteiger partial charge in [-0.15, -0.1) is 0 Å². The summed E-state index contributed by atoms with van der Waals surface area (Å²) in [4.78, 5) is 18.9. The third kappa shape index (κ3) is 3.39. The van der Waals surface area contributed by atoms with Gasteiger partial charge in [0, 0.05) is 6.26 Å². The lowest BCUT2D eigenvalue weighted by atomic mass is 10.3. The number of hydrogen-bond donors (Lipinski definition) is 0. The van der Waals surface area contributed by atoms with Crippen molar-refractivity contribution in [1.82, 2.24) is 9.97 Å². The molecule has 8 heteroatoms. The van der Waals surface area contributed by atoms with Crippen LogP contribution in [0.1, 0.15) is 24.2 Å². The zero-order valence-electron chi connectivity index (χ0n) is 10.3. The van der Waals surface area contributed by atoms with Crippen molar-refractivity contribution in [3.63, 3.8) is 0 Å². The van der Waals surface area contributed by atoms with Crippen LogP contribution in [-0.2, 0) is 14.6 Å². The number of rotatable bonds is 5. The normalized spacial score (nSPS) is 11.1. The van der Waals surface area contributed by atoms with E-state index < -0.39 is 15.8 Å². The van der Waals surface area contributed by atoms with Crippen LogP contribution in [-0.4, -0.2) is 43.8 Å². The molecule has 0 saturated carbocycles. The van der Waals surface area contributed by atoms with Gasteiger partial charge in [-0.3, -0.25) is 0 Å². The van der Waals surface area contributed by atoms with E-state index in [0.29, 0.717) is 0 Å². The smallest absolute Gasteiger partial charge is 0.345 e. The molecule has 0 unspecified atom stereocenters. The third-order valence-electron chi connectivity index (χ3n) is 1.84. The zero-order valence-corrected chi connectivity index (χ0v) is 11.2. The van der Waals surface area contributed by atoms with Crippen LogP contribution in [0.2, 0.25) is 0 Å². The second-order valence-electron chi connectivity index (χ2n) is 3.30. The molecule has 0 spiro atoms. The number of ether oxygens (including phenoxy) is 2. The lowest BCUT2D eigenvalue weighted by Crippen LogP contribution is -2.13. The summed E-state index contributed by atoms with van der Waals surface area (Å²) in [6, 6.07) is 0. The van der Waals surface area contributed by atoms with Crippen LogP contribution in [0.15, 0.2) is 11.4 Å². The van der Waals surface area contributed by atoms with Gasteiger partial charge in [0.25, 0.3) is 0 Å². The van der Waals surface area contributed by atoms with E-state index in [9.17, 15) is 13.2 Å². The average molecular weight is 274 g/mol. The van der Waals surface area contributed by atoms with Gasteiger partial charge in [-0.1, -0.05) is 0 Å². The van der Waals surface area contributed by atoms with Gasteiger partial charge in [-0.2, -0.15) is 4.98 Å². The molecule has 1 aromatic rings. The maximum atomic E-state index is 11.6. The summed E-state index contributed by atoms with van der Waals surface area (Å²) in [5.74, 6) is -0.743. The predicted molar refractivity (Wildman–Crippen MR) is 62.3 cm³/mol. The number of aromatic nitrogens is 2. The van der Waals surface area contributed by atoms with Crippen LogP contribution in [0.25, 0.3) is 0 Å². The number of hydrogen-bond acceptors (Lipinski definition) is 7. The Labute approximate surface area is 105 Å². The van der Waals surface area contributed by atoms with Crippen LogP contribution >= 0.6 is 0 Å². The number of carbonyl (C=O) groups is 1. The Morgan fingerprint density at radius 3 is 2.50 bits per heavy atom. The van der Waals surface area contributed by atoms with Gasteiger partial charge in [0.1, 0.15) is 5.56 Å². The molecule has 0 aliphatic carbocycles. The van der Waals surface area contributed by atoms with E-state index in [0.717, 1.165) is 12.5 Å². The van der Waals surface area contributed by atoms with Crippen LogP contribution in [0.5, 0.6) is 5.88 Å². The van der Waals surface area contributed by atoms with Gasteiger partial charge >= 0.3 is 5.97 Å². The molecule has 0 atom stereocenters. The highest BCUT2D eigenvalue weighted by Gasteiger charge is 2.20. The van der Waals surface area contributed by atoms with E-state index in [-0.39, 0.29) is 29.8 Å². The lowest BCUT2D eigenvalue weighted by molar-refractivity contribution is 0.0519. The first-order valence-corrected chi connectivity index (χ1v) is 7.16. The third-order valence-corrected chi connectivity index (χ3v) is 2.70. The molecular weight excluding hydrogens is 260 g/mol. The molecular formula is C10H14N2O5S. The molecule has 18 heavy (non-hydrogen) atoms. The van der Waals surface area contributed by atoms with Gasteiger partial charge in [-0.25, -0.2) is 18.2 Å². The number of carbonyl (C=O) groups excluding carboxylic acids is 1. The molecule has 7 nitrogen and oxygen atoms in total. The quantitative estimate of drug-likeness (QED) is 0.568. The summed E-state index contributed by atoms with van der Waals surface area (Å²) in [6.45, 7) is 3.78. The SMILES string of the molecule is CCOC(=O)c1cnc(S(C)(=O)=O)nc1OCC. The zero-order chi connectivity index (χ0) is 13.8. The standard InChI is InChI=1S/C10H14N2O5S/c1-4-16-8-7(9(13)17-5-2)6-11-10(12-8)18(3,14)15/h6H,4-5H2,1-3H3. The summed E-state index contributed by atoms with van der Waals surface area (Å²) in [6.07, 6.45) is 2.06. The second kappa shape index (κ2) is 5.76. The van der Waals surface area contributed by atoms with Crippen LogP contribution in [0.3, 0.4) is 0 Å². The summed E-state index contributed by atoms with van der Waals surface area (Å²) < 4.78 is 32.5. The van der Waals surface area contributed by atoms with E-state index in [1.807, 2.05) is 0 Å². The van der Waals surface area contributed by atoms with E-state index in [1.165, 1.54) is 0 Å². The Bertz CT molecular complexity index is 541. The average Bonchev–Trinajstić information content (AvgIpc) is 2.28. The number of sulfone groups is 1. The lowest BCUT2D eigenvalue weighted by Gasteiger charge is -2.08.